The smallest absolute Gasteiger partial charge is 0.414 e. The molecule has 1 aliphatic heterocycles. The Morgan fingerprint density at radius 2 is 2.04 bits per heavy atom. The van der Waals surface area contributed by atoms with Crippen LogP contribution in [0.4, 0.5) is 14.9 Å². The van der Waals surface area contributed by atoms with Gasteiger partial charge in [0, 0.05) is 11.3 Å². The number of amides is 2. The van der Waals surface area contributed by atoms with Crippen LogP contribution in [0.1, 0.15) is 21.5 Å². The molecule has 1 unspecified atom stereocenters. The second-order valence-corrected chi connectivity index (χ2v) is 6.11. The van der Waals surface area contributed by atoms with Crippen LogP contribution in [0, 0.1) is 19.7 Å². The second-order valence-electron chi connectivity index (χ2n) is 6.11. The number of nitrogens with one attached hydrogen (secondary N) is 1. The normalized spacial score (nSPS) is 16.7. The summed E-state index contributed by atoms with van der Waals surface area (Å²) in [6, 6.07) is 11.2. The van der Waals surface area contributed by atoms with E-state index in [2.05, 4.69) is 5.32 Å². The number of ether oxygens (including phenoxy) is 1. The van der Waals surface area contributed by atoms with Gasteiger partial charge >= 0.3 is 6.09 Å². The van der Waals surface area contributed by atoms with Gasteiger partial charge in [-0.1, -0.05) is 12.1 Å². The van der Waals surface area contributed by atoms with Crippen molar-refractivity contribution in [1.82, 2.24) is 5.32 Å². The average Bonchev–Trinajstić information content (AvgIpc) is 2.96. The molecule has 1 atom stereocenters. The molecule has 1 aliphatic rings. The van der Waals surface area contributed by atoms with Gasteiger partial charge in [-0.3, -0.25) is 9.69 Å². The van der Waals surface area contributed by atoms with Crippen molar-refractivity contribution in [3.05, 3.63) is 65.0 Å². The number of anilines is 1. The van der Waals surface area contributed by atoms with E-state index in [1.165, 1.54) is 18.2 Å². The fourth-order valence-corrected chi connectivity index (χ4v) is 2.67. The van der Waals surface area contributed by atoms with Crippen LogP contribution in [0.25, 0.3) is 0 Å². The minimum atomic E-state index is -0.471. The molecule has 25 heavy (non-hydrogen) atoms. The zero-order valence-corrected chi connectivity index (χ0v) is 14.1. The van der Waals surface area contributed by atoms with Crippen LogP contribution in [0.3, 0.4) is 0 Å². The van der Waals surface area contributed by atoms with Crippen molar-refractivity contribution >= 4 is 17.7 Å². The number of cyclic esters (lactones) is 1. The molecule has 0 aromatic heterocycles. The molecule has 0 aliphatic carbocycles. The van der Waals surface area contributed by atoms with Gasteiger partial charge in [0.25, 0.3) is 5.91 Å². The third-order valence-electron chi connectivity index (χ3n) is 4.25. The Balaban J connectivity index is 1.61. The quantitative estimate of drug-likeness (QED) is 0.928. The SMILES string of the molecule is Cc1ccc(N2CC(CNC(=O)c3cccc(F)c3)OC2=O)cc1C. The maximum Gasteiger partial charge on any atom is 0.414 e. The summed E-state index contributed by atoms with van der Waals surface area (Å²) < 4.78 is 18.5. The highest BCUT2D eigenvalue weighted by Crippen LogP contribution is 2.23. The first-order chi connectivity index (χ1) is 11.9. The molecule has 0 saturated carbocycles. The van der Waals surface area contributed by atoms with E-state index in [1.54, 1.807) is 4.90 Å². The largest absolute Gasteiger partial charge is 0.442 e. The Morgan fingerprint density at radius 3 is 2.76 bits per heavy atom. The van der Waals surface area contributed by atoms with Crippen LogP contribution >= 0.6 is 0 Å². The summed E-state index contributed by atoms with van der Waals surface area (Å²) in [5, 5.41) is 2.67. The van der Waals surface area contributed by atoms with Crippen molar-refractivity contribution in [1.29, 1.82) is 0 Å². The topological polar surface area (TPSA) is 58.6 Å². The van der Waals surface area contributed by atoms with E-state index in [4.69, 9.17) is 4.74 Å². The summed E-state index contributed by atoms with van der Waals surface area (Å²) in [6.07, 6.45) is -0.889. The number of hydrogen-bond donors (Lipinski definition) is 1. The lowest BCUT2D eigenvalue weighted by atomic mass is 10.1. The molecule has 1 heterocycles. The average molecular weight is 342 g/mol. The molecule has 1 saturated heterocycles. The van der Waals surface area contributed by atoms with E-state index < -0.39 is 23.9 Å². The summed E-state index contributed by atoms with van der Waals surface area (Å²) in [7, 11) is 0. The highest BCUT2D eigenvalue weighted by molar-refractivity contribution is 5.94. The molecule has 6 heteroatoms. The Labute approximate surface area is 145 Å². The molecule has 0 bridgehead atoms. The summed E-state index contributed by atoms with van der Waals surface area (Å²) in [5.74, 6) is -0.874. The van der Waals surface area contributed by atoms with Gasteiger partial charge in [0.05, 0.1) is 13.1 Å². The second kappa shape index (κ2) is 6.93. The molecule has 5 nitrogen and oxygen atoms in total. The van der Waals surface area contributed by atoms with Gasteiger partial charge in [-0.05, 0) is 55.3 Å². The van der Waals surface area contributed by atoms with Crippen molar-refractivity contribution in [2.75, 3.05) is 18.0 Å². The number of benzene rings is 2. The number of nitrogens with zero attached hydrogens (tertiary/aromatic N) is 1. The van der Waals surface area contributed by atoms with Gasteiger partial charge in [-0.2, -0.15) is 0 Å². The lowest BCUT2D eigenvalue weighted by molar-refractivity contribution is 0.0915. The number of aryl methyl sites for hydroxylation is 2. The lowest BCUT2D eigenvalue weighted by Gasteiger charge is -2.14. The van der Waals surface area contributed by atoms with Gasteiger partial charge < -0.3 is 10.1 Å². The zero-order valence-electron chi connectivity index (χ0n) is 14.1. The number of hydrogen-bond acceptors (Lipinski definition) is 3. The highest BCUT2D eigenvalue weighted by Gasteiger charge is 2.32. The molecule has 3 rings (SSSR count). The molecule has 2 aromatic rings. The fourth-order valence-electron chi connectivity index (χ4n) is 2.67. The number of carbonyl (C=O) groups excluding carboxylic acids is 2. The van der Waals surface area contributed by atoms with Crippen molar-refractivity contribution in [3.8, 4) is 0 Å². The standard InChI is InChI=1S/C19H19FN2O3/c1-12-6-7-16(8-13(12)2)22-11-17(25-19(22)24)10-21-18(23)14-4-3-5-15(20)9-14/h3-9,17H,10-11H2,1-2H3,(H,21,23). The van der Waals surface area contributed by atoms with Crippen LogP contribution in [0.15, 0.2) is 42.5 Å². The van der Waals surface area contributed by atoms with Gasteiger partial charge in [0.15, 0.2) is 0 Å². The Bertz CT molecular complexity index is 822. The van der Waals surface area contributed by atoms with Gasteiger partial charge in [0.2, 0.25) is 0 Å². The summed E-state index contributed by atoms with van der Waals surface area (Å²) in [4.78, 5) is 25.7. The number of rotatable bonds is 4. The van der Waals surface area contributed by atoms with E-state index in [9.17, 15) is 14.0 Å². The zero-order chi connectivity index (χ0) is 18.0. The first kappa shape index (κ1) is 17.0. The molecule has 130 valence electrons. The van der Waals surface area contributed by atoms with Gasteiger partial charge in [-0.25, -0.2) is 9.18 Å². The molecular weight excluding hydrogens is 323 g/mol. The first-order valence-corrected chi connectivity index (χ1v) is 8.03. The lowest BCUT2D eigenvalue weighted by Crippen LogP contribution is -2.34. The molecule has 2 amide bonds. The van der Waals surface area contributed by atoms with Crippen molar-refractivity contribution in [2.24, 2.45) is 0 Å². The summed E-state index contributed by atoms with van der Waals surface area (Å²) >= 11 is 0. The first-order valence-electron chi connectivity index (χ1n) is 8.03. The maximum absolute atomic E-state index is 13.2. The fraction of sp³-hybridized carbons (Fsp3) is 0.263. The minimum Gasteiger partial charge on any atom is -0.442 e. The molecule has 1 fully saturated rings. The Kier molecular flexibility index (Phi) is 4.70. The van der Waals surface area contributed by atoms with E-state index in [0.29, 0.717) is 6.54 Å². The maximum atomic E-state index is 13.2. The molecule has 1 N–H and O–H groups in total. The van der Waals surface area contributed by atoms with Crippen LogP contribution in [-0.2, 0) is 4.74 Å². The molecule has 0 spiro atoms. The van der Waals surface area contributed by atoms with Crippen molar-refractivity contribution in [3.63, 3.8) is 0 Å². The number of halogens is 1. The summed E-state index contributed by atoms with van der Waals surface area (Å²) in [6.45, 7) is 4.51. The van der Waals surface area contributed by atoms with Crippen LogP contribution in [0.2, 0.25) is 0 Å². The predicted molar refractivity (Wildman–Crippen MR) is 92.3 cm³/mol. The van der Waals surface area contributed by atoms with Crippen molar-refractivity contribution < 1.29 is 18.7 Å². The van der Waals surface area contributed by atoms with Gasteiger partial charge in [0.1, 0.15) is 11.9 Å². The minimum absolute atomic E-state index is 0.169. The predicted octanol–water partition coefficient (Wildman–Crippen LogP) is 3.20. The third kappa shape index (κ3) is 3.79. The third-order valence-corrected chi connectivity index (χ3v) is 4.25. The Morgan fingerprint density at radius 1 is 1.24 bits per heavy atom. The van der Waals surface area contributed by atoms with E-state index >= 15 is 0 Å². The van der Waals surface area contributed by atoms with E-state index in [1.807, 2.05) is 32.0 Å². The van der Waals surface area contributed by atoms with Crippen molar-refractivity contribution in [2.45, 2.75) is 20.0 Å². The van der Waals surface area contributed by atoms with Crippen LogP contribution < -0.4 is 10.2 Å². The van der Waals surface area contributed by atoms with E-state index in [0.717, 1.165) is 22.9 Å². The molecular formula is C19H19FN2O3. The number of carbonyl (C=O) groups is 2. The molecule has 2 aromatic carbocycles. The molecule has 0 radical (unpaired) electrons. The highest BCUT2D eigenvalue weighted by atomic mass is 19.1. The Hall–Kier alpha value is -2.89. The van der Waals surface area contributed by atoms with Crippen LogP contribution in [-0.4, -0.2) is 31.2 Å². The van der Waals surface area contributed by atoms with Crippen LogP contribution in [0.5, 0.6) is 0 Å². The monoisotopic (exact) mass is 342 g/mol. The summed E-state index contributed by atoms with van der Waals surface area (Å²) in [5.41, 5.74) is 3.24. The van der Waals surface area contributed by atoms with E-state index in [-0.39, 0.29) is 12.1 Å². The van der Waals surface area contributed by atoms with Gasteiger partial charge in [-0.15, -0.1) is 0 Å².